The van der Waals surface area contributed by atoms with E-state index in [1.165, 1.54) is 36.4 Å². The molecule has 4 N–H and O–H groups in total. The van der Waals surface area contributed by atoms with Crippen molar-refractivity contribution < 1.29 is 41.4 Å². The zero-order valence-electron chi connectivity index (χ0n) is 17.8. The molecule has 0 heterocycles. The number of benzene rings is 2. The molecule has 0 aromatic heterocycles. The molecule has 3 rings (SSSR count). The normalized spacial score (nSPS) is 12.9. The average molecular weight is 511 g/mol. The van der Waals surface area contributed by atoms with Gasteiger partial charge in [-0.3, -0.25) is 14.4 Å². The van der Waals surface area contributed by atoms with Crippen LogP contribution in [0.2, 0.25) is 0 Å². The SMILES string of the molecule is O=C(O)CCCNS(=O)(=O)c1ccc2c(c1)C(=O)c1cc(S(=O)(=O)NCCCC(=O)O)ccc1-2. The highest BCUT2D eigenvalue weighted by Crippen LogP contribution is 2.38. The van der Waals surface area contributed by atoms with Crippen LogP contribution in [0, 0.1) is 0 Å². The molecule has 0 saturated carbocycles. The van der Waals surface area contributed by atoms with Crippen molar-refractivity contribution in [2.24, 2.45) is 0 Å². The lowest BCUT2D eigenvalue weighted by molar-refractivity contribution is -0.138. The molecule has 13 heteroatoms. The first-order chi connectivity index (χ1) is 15.9. The molecular weight excluding hydrogens is 488 g/mol. The number of nitrogens with one attached hydrogen (secondary N) is 2. The lowest BCUT2D eigenvalue weighted by Gasteiger charge is -2.08. The minimum atomic E-state index is -3.98. The molecule has 0 atom stereocenters. The van der Waals surface area contributed by atoms with Crippen LogP contribution >= 0.6 is 0 Å². The fourth-order valence-corrected chi connectivity index (χ4v) is 5.63. The summed E-state index contributed by atoms with van der Waals surface area (Å²) in [5.74, 6) is -2.62. The first-order valence-corrected chi connectivity index (χ1v) is 13.1. The lowest BCUT2D eigenvalue weighted by atomic mass is 10.1. The molecule has 0 saturated heterocycles. The highest BCUT2D eigenvalue weighted by atomic mass is 32.2. The molecule has 1 aliphatic rings. The van der Waals surface area contributed by atoms with Crippen LogP contribution in [0.5, 0.6) is 0 Å². The number of ketones is 1. The van der Waals surface area contributed by atoms with Crippen LogP contribution in [0.25, 0.3) is 11.1 Å². The summed E-state index contributed by atoms with van der Waals surface area (Å²) in [6, 6.07) is 7.96. The van der Waals surface area contributed by atoms with Crippen LogP contribution in [0.3, 0.4) is 0 Å². The quantitative estimate of drug-likeness (QED) is 0.260. The van der Waals surface area contributed by atoms with Crippen LogP contribution in [0.15, 0.2) is 46.2 Å². The van der Waals surface area contributed by atoms with Gasteiger partial charge in [-0.1, -0.05) is 12.1 Å². The van der Waals surface area contributed by atoms with Gasteiger partial charge in [-0.2, -0.15) is 0 Å². The van der Waals surface area contributed by atoms with E-state index in [0.29, 0.717) is 11.1 Å². The van der Waals surface area contributed by atoms with Crippen molar-refractivity contribution in [1.82, 2.24) is 9.44 Å². The number of rotatable bonds is 12. The molecule has 0 unspecified atom stereocenters. The predicted octanol–water partition coefficient (Wildman–Crippen LogP) is 1.18. The fourth-order valence-electron chi connectivity index (χ4n) is 3.43. The number of carboxylic acids is 2. The Bertz CT molecular complexity index is 1260. The van der Waals surface area contributed by atoms with Crippen molar-refractivity contribution in [2.75, 3.05) is 13.1 Å². The number of carbonyl (C=O) groups excluding carboxylic acids is 1. The van der Waals surface area contributed by atoms with Crippen molar-refractivity contribution in [1.29, 1.82) is 0 Å². The largest absolute Gasteiger partial charge is 0.481 e. The second-order valence-corrected chi connectivity index (χ2v) is 11.1. The molecule has 0 fully saturated rings. The van der Waals surface area contributed by atoms with E-state index in [-0.39, 0.29) is 59.7 Å². The maximum Gasteiger partial charge on any atom is 0.303 e. The number of sulfonamides is 2. The summed E-state index contributed by atoms with van der Waals surface area (Å²) in [5.41, 5.74) is 1.13. The third-order valence-corrected chi connectivity index (χ3v) is 8.02. The molecule has 1 aliphatic carbocycles. The van der Waals surface area contributed by atoms with Crippen molar-refractivity contribution in [3.8, 4) is 11.1 Å². The second-order valence-electron chi connectivity index (χ2n) is 7.53. The molecule has 2 aromatic carbocycles. The molecular formula is C21H22N2O9S2. The first kappa shape index (κ1) is 25.5. The van der Waals surface area contributed by atoms with Crippen LogP contribution in [-0.2, 0) is 29.6 Å². The summed E-state index contributed by atoms with van der Waals surface area (Å²) in [7, 11) is -7.97. The van der Waals surface area contributed by atoms with E-state index in [9.17, 15) is 31.2 Å². The maximum atomic E-state index is 13.0. The highest BCUT2D eigenvalue weighted by molar-refractivity contribution is 7.89. The van der Waals surface area contributed by atoms with Gasteiger partial charge in [-0.15, -0.1) is 0 Å². The van der Waals surface area contributed by atoms with Crippen LogP contribution in [0.1, 0.15) is 41.6 Å². The number of fused-ring (bicyclic) bond motifs is 3. The Balaban J connectivity index is 1.80. The van der Waals surface area contributed by atoms with Gasteiger partial charge in [0.15, 0.2) is 5.78 Å². The standard InChI is InChI=1S/C21H22N2O9S2/c24-19(25)3-1-9-22-33(29,30)13-5-7-15-16-8-6-14(12-18(16)21(28)17(15)11-13)34(31,32)23-10-2-4-20(26)27/h5-8,11-12,22-23H,1-4,9-10H2,(H,24,25)(H,26,27). The van der Waals surface area contributed by atoms with E-state index < -0.39 is 37.8 Å². The van der Waals surface area contributed by atoms with Gasteiger partial charge in [0.2, 0.25) is 20.0 Å². The van der Waals surface area contributed by atoms with Gasteiger partial charge in [-0.05, 0) is 48.2 Å². The van der Waals surface area contributed by atoms with Crippen molar-refractivity contribution >= 4 is 37.8 Å². The number of aliphatic carboxylic acids is 2. The Morgan fingerprint density at radius 2 is 1.06 bits per heavy atom. The topological polar surface area (TPSA) is 184 Å². The van der Waals surface area contributed by atoms with Crippen LogP contribution in [-0.4, -0.2) is 57.9 Å². The Labute approximate surface area is 195 Å². The van der Waals surface area contributed by atoms with E-state index in [4.69, 9.17) is 10.2 Å². The number of carbonyl (C=O) groups is 3. The van der Waals surface area contributed by atoms with Gasteiger partial charge in [-0.25, -0.2) is 26.3 Å². The molecule has 34 heavy (non-hydrogen) atoms. The molecule has 182 valence electrons. The summed E-state index contributed by atoms with van der Waals surface area (Å²) in [5, 5.41) is 17.3. The van der Waals surface area contributed by atoms with E-state index >= 15 is 0 Å². The first-order valence-electron chi connectivity index (χ1n) is 10.2. The Hall–Kier alpha value is -3.13. The summed E-state index contributed by atoms with van der Waals surface area (Å²) in [4.78, 5) is 33.7. The molecule has 2 aromatic rings. The monoisotopic (exact) mass is 510 g/mol. The van der Waals surface area contributed by atoms with E-state index in [2.05, 4.69) is 9.44 Å². The zero-order chi connectivity index (χ0) is 25.1. The van der Waals surface area contributed by atoms with Gasteiger partial charge >= 0.3 is 11.9 Å². The lowest BCUT2D eigenvalue weighted by Crippen LogP contribution is -2.25. The molecule has 0 aliphatic heterocycles. The molecule has 0 spiro atoms. The Kier molecular flexibility index (Phi) is 7.51. The Morgan fingerprint density at radius 1 is 0.676 bits per heavy atom. The minimum Gasteiger partial charge on any atom is -0.481 e. The summed E-state index contributed by atoms with van der Waals surface area (Å²) >= 11 is 0. The Morgan fingerprint density at radius 3 is 1.41 bits per heavy atom. The van der Waals surface area contributed by atoms with Crippen molar-refractivity contribution in [3.05, 3.63) is 47.5 Å². The molecule has 0 amide bonds. The summed E-state index contributed by atoms with van der Waals surface area (Å²) in [6.45, 7) is -0.166. The van der Waals surface area contributed by atoms with Gasteiger partial charge < -0.3 is 10.2 Å². The molecule has 11 nitrogen and oxygen atoms in total. The van der Waals surface area contributed by atoms with Gasteiger partial charge in [0.25, 0.3) is 0 Å². The predicted molar refractivity (Wildman–Crippen MR) is 119 cm³/mol. The highest BCUT2D eigenvalue weighted by Gasteiger charge is 2.30. The molecule has 0 bridgehead atoms. The summed E-state index contributed by atoms with van der Waals surface area (Å²) in [6.07, 6.45) is -0.183. The third kappa shape index (κ3) is 5.67. The average Bonchev–Trinajstić information content (AvgIpc) is 3.05. The molecule has 0 radical (unpaired) electrons. The third-order valence-electron chi connectivity index (χ3n) is 5.10. The fraction of sp³-hybridized carbons (Fsp3) is 0.286. The maximum absolute atomic E-state index is 13.0. The number of carboxylic acid groups (broad SMARTS) is 2. The van der Waals surface area contributed by atoms with E-state index in [1.54, 1.807) is 0 Å². The smallest absolute Gasteiger partial charge is 0.303 e. The minimum absolute atomic E-state index is 0.0828. The van der Waals surface area contributed by atoms with Gasteiger partial charge in [0, 0.05) is 37.1 Å². The number of hydrogen-bond acceptors (Lipinski definition) is 7. The van der Waals surface area contributed by atoms with Crippen LogP contribution < -0.4 is 9.44 Å². The summed E-state index contributed by atoms with van der Waals surface area (Å²) < 4.78 is 54.6. The number of hydrogen-bond donors (Lipinski definition) is 4. The van der Waals surface area contributed by atoms with Gasteiger partial charge in [0.1, 0.15) is 0 Å². The van der Waals surface area contributed by atoms with Crippen molar-refractivity contribution in [2.45, 2.75) is 35.5 Å². The van der Waals surface area contributed by atoms with Crippen LogP contribution in [0.4, 0.5) is 0 Å². The van der Waals surface area contributed by atoms with E-state index in [0.717, 1.165) is 0 Å². The zero-order valence-corrected chi connectivity index (χ0v) is 19.4. The van der Waals surface area contributed by atoms with Crippen molar-refractivity contribution in [3.63, 3.8) is 0 Å². The van der Waals surface area contributed by atoms with E-state index in [1.807, 2.05) is 0 Å². The van der Waals surface area contributed by atoms with Gasteiger partial charge in [0.05, 0.1) is 9.79 Å². The second kappa shape index (κ2) is 10.0.